The highest BCUT2D eigenvalue weighted by molar-refractivity contribution is 6.01. The largest absolute Gasteiger partial charge is 0.454 e. The SMILES string of the molecule is CC(C(=O)NCc1ccc2c(c1)OCO2)n1cnc2c(oc3ccccc32)c1=O. The third-order valence-corrected chi connectivity index (χ3v) is 5.01. The fraction of sp³-hybridized carbons (Fsp3) is 0.190. The number of hydrogen-bond donors (Lipinski definition) is 1. The number of carbonyl (C=O) groups excluding carboxylic acids is 1. The van der Waals surface area contributed by atoms with Crippen molar-refractivity contribution in [2.24, 2.45) is 0 Å². The molecule has 0 fully saturated rings. The number of aromatic nitrogens is 2. The van der Waals surface area contributed by atoms with Crippen molar-refractivity contribution in [3.05, 3.63) is 64.7 Å². The predicted molar refractivity (Wildman–Crippen MR) is 105 cm³/mol. The van der Waals surface area contributed by atoms with Crippen LogP contribution in [0.2, 0.25) is 0 Å². The van der Waals surface area contributed by atoms with Gasteiger partial charge in [-0.05, 0) is 36.8 Å². The summed E-state index contributed by atoms with van der Waals surface area (Å²) in [6.07, 6.45) is 1.39. The van der Waals surface area contributed by atoms with Crippen LogP contribution in [0.15, 0.2) is 58.0 Å². The molecule has 0 saturated carbocycles. The summed E-state index contributed by atoms with van der Waals surface area (Å²) in [5, 5.41) is 3.61. The molecule has 0 saturated heterocycles. The first-order chi connectivity index (χ1) is 14.1. The van der Waals surface area contributed by atoms with Crippen LogP contribution in [0, 0.1) is 0 Å². The second-order valence-corrected chi connectivity index (χ2v) is 6.81. The number of nitrogens with zero attached hydrogens (tertiary/aromatic N) is 2. The zero-order valence-electron chi connectivity index (χ0n) is 15.5. The van der Waals surface area contributed by atoms with Gasteiger partial charge in [0.15, 0.2) is 11.5 Å². The number of amides is 1. The van der Waals surface area contributed by atoms with Gasteiger partial charge in [0.2, 0.25) is 18.3 Å². The Morgan fingerprint density at radius 3 is 2.93 bits per heavy atom. The first-order valence-corrected chi connectivity index (χ1v) is 9.16. The van der Waals surface area contributed by atoms with Gasteiger partial charge in [-0.25, -0.2) is 4.98 Å². The summed E-state index contributed by atoms with van der Waals surface area (Å²) in [4.78, 5) is 29.8. The molecule has 8 heteroatoms. The van der Waals surface area contributed by atoms with Crippen molar-refractivity contribution in [1.29, 1.82) is 0 Å². The molecule has 0 radical (unpaired) electrons. The first kappa shape index (κ1) is 17.3. The minimum atomic E-state index is -0.748. The maximum atomic E-state index is 12.9. The summed E-state index contributed by atoms with van der Waals surface area (Å²) in [5.41, 5.74) is 1.70. The Balaban J connectivity index is 1.38. The molecule has 2 aromatic heterocycles. The monoisotopic (exact) mass is 391 g/mol. The van der Waals surface area contributed by atoms with E-state index in [1.807, 2.05) is 30.3 Å². The smallest absolute Gasteiger partial charge is 0.297 e. The van der Waals surface area contributed by atoms with Crippen molar-refractivity contribution in [3.8, 4) is 11.5 Å². The van der Waals surface area contributed by atoms with Gasteiger partial charge in [0, 0.05) is 11.9 Å². The summed E-state index contributed by atoms with van der Waals surface area (Å²) in [6, 6.07) is 12.0. The minimum Gasteiger partial charge on any atom is -0.454 e. The van der Waals surface area contributed by atoms with E-state index in [2.05, 4.69) is 10.3 Å². The van der Waals surface area contributed by atoms with E-state index < -0.39 is 11.6 Å². The van der Waals surface area contributed by atoms with E-state index >= 15 is 0 Å². The molecule has 5 rings (SSSR count). The van der Waals surface area contributed by atoms with Crippen LogP contribution in [0.1, 0.15) is 18.5 Å². The highest BCUT2D eigenvalue weighted by Gasteiger charge is 2.21. The zero-order chi connectivity index (χ0) is 20.0. The number of carbonyl (C=O) groups is 1. The molecule has 2 aromatic carbocycles. The highest BCUT2D eigenvalue weighted by Crippen LogP contribution is 2.32. The molecule has 8 nitrogen and oxygen atoms in total. The van der Waals surface area contributed by atoms with Gasteiger partial charge in [-0.15, -0.1) is 0 Å². The lowest BCUT2D eigenvalue weighted by Crippen LogP contribution is -2.35. The van der Waals surface area contributed by atoms with E-state index in [-0.39, 0.29) is 18.3 Å². The molecular formula is C21H17N3O5. The quantitative estimate of drug-likeness (QED) is 0.575. The number of furan rings is 1. The van der Waals surface area contributed by atoms with Crippen molar-refractivity contribution >= 4 is 28.0 Å². The second-order valence-electron chi connectivity index (χ2n) is 6.81. The standard InChI is InChI=1S/C21H17N3O5/c1-12(20(25)22-9-13-6-7-16-17(8-13)28-11-27-16)24-10-23-18-14-4-2-3-5-15(14)29-19(18)21(24)26/h2-8,10,12H,9,11H2,1H3,(H,22,25). The zero-order valence-corrected chi connectivity index (χ0v) is 15.5. The number of hydrogen-bond acceptors (Lipinski definition) is 6. The third kappa shape index (κ3) is 2.89. The van der Waals surface area contributed by atoms with E-state index in [0.717, 1.165) is 10.9 Å². The van der Waals surface area contributed by atoms with Crippen LogP contribution in [-0.2, 0) is 11.3 Å². The van der Waals surface area contributed by atoms with Gasteiger partial charge in [0.25, 0.3) is 5.56 Å². The number of fused-ring (bicyclic) bond motifs is 4. The summed E-state index contributed by atoms with van der Waals surface area (Å²) < 4.78 is 17.6. The summed E-state index contributed by atoms with van der Waals surface area (Å²) in [5.74, 6) is 1.03. The maximum absolute atomic E-state index is 12.9. The number of para-hydroxylation sites is 1. The summed E-state index contributed by atoms with van der Waals surface area (Å²) >= 11 is 0. The molecule has 146 valence electrons. The number of benzene rings is 2. The van der Waals surface area contributed by atoms with Gasteiger partial charge in [-0.1, -0.05) is 18.2 Å². The average Bonchev–Trinajstić information content (AvgIpc) is 3.36. The number of nitrogens with one attached hydrogen (secondary N) is 1. The summed E-state index contributed by atoms with van der Waals surface area (Å²) in [7, 11) is 0. The van der Waals surface area contributed by atoms with Gasteiger partial charge >= 0.3 is 0 Å². The minimum absolute atomic E-state index is 0.143. The van der Waals surface area contributed by atoms with Gasteiger partial charge in [0.05, 0.1) is 6.33 Å². The van der Waals surface area contributed by atoms with Gasteiger partial charge in [0.1, 0.15) is 17.1 Å². The Labute approximate surface area is 164 Å². The molecule has 29 heavy (non-hydrogen) atoms. The van der Waals surface area contributed by atoms with Crippen molar-refractivity contribution in [2.75, 3.05) is 6.79 Å². The molecule has 0 aliphatic carbocycles. The Morgan fingerprint density at radius 2 is 2.03 bits per heavy atom. The van der Waals surface area contributed by atoms with Crippen molar-refractivity contribution < 1.29 is 18.7 Å². The molecule has 0 bridgehead atoms. The van der Waals surface area contributed by atoms with Crippen LogP contribution in [0.25, 0.3) is 22.1 Å². The fourth-order valence-corrected chi connectivity index (χ4v) is 3.38. The van der Waals surface area contributed by atoms with E-state index in [4.69, 9.17) is 13.9 Å². The van der Waals surface area contributed by atoms with E-state index in [1.165, 1.54) is 10.9 Å². The van der Waals surface area contributed by atoms with Gasteiger partial charge < -0.3 is 19.2 Å². The summed E-state index contributed by atoms with van der Waals surface area (Å²) in [6.45, 7) is 2.14. The van der Waals surface area contributed by atoms with E-state index in [9.17, 15) is 9.59 Å². The Hall–Kier alpha value is -3.81. The molecule has 1 N–H and O–H groups in total. The van der Waals surface area contributed by atoms with E-state index in [1.54, 1.807) is 19.1 Å². The molecule has 0 spiro atoms. The lowest BCUT2D eigenvalue weighted by atomic mass is 10.2. The van der Waals surface area contributed by atoms with Crippen LogP contribution in [0.4, 0.5) is 0 Å². The van der Waals surface area contributed by atoms with Crippen LogP contribution >= 0.6 is 0 Å². The van der Waals surface area contributed by atoms with E-state index in [0.29, 0.717) is 29.1 Å². The molecule has 1 aliphatic rings. The van der Waals surface area contributed by atoms with Crippen LogP contribution in [-0.4, -0.2) is 22.3 Å². The normalized spacial score (nSPS) is 13.7. The Bertz CT molecular complexity index is 1310. The molecule has 4 aromatic rings. The second kappa shape index (κ2) is 6.66. The van der Waals surface area contributed by atoms with Crippen LogP contribution in [0.5, 0.6) is 11.5 Å². The van der Waals surface area contributed by atoms with Crippen molar-refractivity contribution in [2.45, 2.75) is 19.5 Å². The molecular weight excluding hydrogens is 374 g/mol. The molecule has 3 heterocycles. The van der Waals surface area contributed by atoms with Gasteiger partial charge in [-0.2, -0.15) is 0 Å². The number of rotatable bonds is 4. The molecule has 1 amide bonds. The number of ether oxygens (including phenoxy) is 2. The lowest BCUT2D eigenvalue weighted by Gasteiger charge is -2.14. The van der Waals surface area contributed by atoms with Crippen molar-refractivity contribution in [3.63, 3.8) is 0 Å². The first-order valence-electron chi connectivity index (χ1n) is 9.16. The Kier molecular flexibility index (Phi) is 3.97. The third-order valence-electron chi connectivity index (χ3n) is 5.01. The average molecular weight is 391 g/mol. The molecule has 1 unspecified atom stereocenters. The van der Waals surface area contributed by atoms with Crippen molar-refractivity contribution in [1.82, 2.24) is 14.9 Å². The molecule has 1 atom stereocenters. The lowest BCUT2D eigenvalue weighted by molar-refractivity contribution is -0.124. The topological polar surface area (TPSA) is 95.6 Å². The van der Waals surface area contributed by atoms with Crippen LogP contribution < -0.4 is 20.3 Å². The van der Waals surface area contributed by atoms with Gasteiger partial charge in [-0.3, -0.25) is 14.2 Å². The molecule has 1 aliphatic heterocycles. The predicted octanol–water partition coefficient (Wildman–Crippen LogP) is 2.75. The van der Waals surface area contributed by atoms with Crippen LogP contribution in [0.3, 0.4) is 0 Å². The Morgan fingerprint density at radius 1 is 1.21 bits per heavy atom. The maximum Gasteiger partial charge on any atom is 0.297 e. The highest BCUT2D eigenvalue weighted by atomic mass is 16.7. The fourth-order valence-electron chi connectivity index (χ4n) is 3.38.